The van der Waals surface area contributed by atoms with Crippen LogP contribution in [0.25, 0.3) is 10.9 Å². The van der Waals surface area contributed by atoms with Gasteiger partial charge in [0.15, 0.2) is 6.10 Å². The molecule has 3 N–H and O–H groups in total. The summed E-state index contributed by atoms with van der Waals surface area (Å²) in [6.07, 6.45) is -1.06. The minimum atomic E-state index is -2.70. The zero-order valence-electron chi connectivity index (χ0n) is 18.7. The molecule has 0 saturated heterocycles. The van der Waals surface area contributed by atoms with Gasteiger partial charge in [-0.25, -0.2) is 27.3 Å². The lowest BCUT2D eigenvalue weighted by molar-refractivity contribution is -0.127. The number of rotatable bonds is 9. The fraction of sp³-hybridized carbons (Fsp3) is 0.273. The number of alkyl halides is 2. The van der Waals surface area contributed by atoms with Gasteiger partial charge in [-0.1, -0.05) is 0 Å². The number of halogens is 3. The molecule has 0 fully saturated rings. The second-order valence-corrected chi connectivity index (χ2v) is 9.89. The summed E-state index contributed by atoms with van der Waals surface area (Å²) >= 11 is 0. The monoisotopic (exact) mass is 495 g/mol. The quantitative estimate of drug-likeness (QED) is 0.392. The summed E-state index contributed by atoms with van der Waals surface area (Å²) in [5, 5.41) is 5.77. The number of amides is 1. The summed E-state index contributed by atoms with van der Waals surface area (Å²) in [5.74, 6) is 2.57. The summed E-state index contributed by atoms with van der Waals surface area (Å²) in [5.41, 5.74) is 2.18. The molecule has 1 aromatic heterocycles. The third-order valence-electron chi connectivity index (χ3n) is 4.57. The van der Waals surface area contributed by atoms with Crippen LogP contribution in [-0.2, 0) is 14.5 Å². The molecule has 182 valence electrons. The molecule has 8 nitrogen and oxygen atoms in total. The first-order valence-corrected chi connectivity index (χ1v) is 12.2. The molecule has 2 atom stereocenters. The zero-order chi connectivity index (χ0) is 25.0. The van der Waals surface area contributed by atoms with Gasteiger partial charge in [-0.3, -0.25) is 4.79 Å². The number of carbonyl (C=O) groups excluding carboxylic acids is 1. The van der Waals surface area contributed by atoms with Gasteiger partial charge in [-0.15, -0.1) is 0 Å². The molecule has 2 aromatic carbocycles. The van der Waals surface area contributed by atoms with Crippen LogP contribution in [0.15, 0.2) is 36.7 Å². The van der Waals surface area contributed by atoms with Crippen molar-refractivity contribution in [1.29, 1.82) is 0 Å². The van der Waals surface area contributed by atoms with E-state index in [-0.39, 0.29) is 5.75 Å². The van der Waals surface area contributed by atoms with Crippen molar-refractivity contribution in [2.75, 3.05) is 22.8 Å². The lowest BCUT2D eigenvalue weighted by atomic mass is 10.1. The molecule has 0 saturated carbocycles. The van der Waals surface area contributed by atoms with Crippen molar-refractivity contribution < 1.29 is 26.9 Å². The number of benzene rings is 2. The number of hydrogen-bond donors (Lipinski definition) is 3. The van der Waals surface area contributed by atoms with Gasteiger partial charge in [0.2, 0.25) is 0 Å². The molecule has 0 aliphatic carbocycles. The molecule has 1 heterocycles. The van der Waals surface area contributed by atoms with Crippen molar-refractivity contribution in [3.8, 4) is 5.75 Å². The Morgan fingerprint density at radius 1 is 1.24 bits per heavy atom. The van der Waals surface area contributed by atoms with Gasteiger partial charge in [0.25, 0.3) is 12.3 Å². The highest BCUT2D eigenvalue weighted by molar-refractivity contribution is 8.00. The summed E-state index contributed by atoms with van der Waals surface area (Å²) < 4.78 is 59.0. The number of aromatic nitrogens is 2. The van der Waals surface area contributed by atoms with Crippen LogP contribution >= 0.6 is 0 Å². The average molecular weight is 496 g/mol. The predicted molar refractivity (Wildman–Crippen MR) is 128 cm³/mol. The second kappa shape index (κ2) is 10.2. The van der Waals surface area contributed by atoms with Crippen LogP contribution in [-0.4, -0.2) is 51.3 Å². The van der Waals surface area contributed by atoms with E-state index in [4.69, 9.17) is 4.74 Å². The predicted octanol–water partition coefficient (Wildman–Crippen LogP) is 3.64. The molecule has 0 bridgehead atoms. The summed E-state index contributed by atoms with van der Waals surface area (Å²) in [6, 6.07) is 7.14. The Morgan fingerprint density at radius 2 is 1.97 bits per heavy atom. The summed E-state index contributed by atoms with van der Waals surface area (Å²) in [7, 11) is -2.49. The van der Waals surface area contributed by atoms with Gasteiger partial charge in [0.1, 0.15) is 23.7 Å². The Morgan fingerprint density at radius 3 is 2.65 bits per heavy atom. The molecule has 3 rings (SSSR count). The molecule has 0 radical (unpaired) electrons. The third-order valence-corrected chi connectivity index (χ3v) is 5.24. The number of carbonyl (C=O) groups is 1. The number of fused-ring (bicyclic) bond motifs is 1. The fourth-order valence-corrected chi connectivity index (χ4v) is 3.80. The fourth-order valence-electron chi connectivity index (χ4n) is 3.18. The first-order chi connectivity index (χ1) is 15.9. The van der Waals surface area contributed by atoms with Crippen molar-refractivity contribution in [2.24, 2.45) is 0 Å². The van der Waals surface area contributed by atoms with E-state index in [2.05, 4.69) is 31.2 Å². The van der Waals surface area contributed by atoms with Gasteiger partial charge in [-0.05, 0) is 49.5 Å². The summed E-state index contributed by atoms with van der Waals surface area (Å²) in [6.45, 7) is 2.37. The molecule has 1 amide bonds. The average Bonchev–Trinajstić information content (AvgIpc) is 2.72. The lowest BCUT2D eigenvalue weighted by Gasteiger charge is -2.19. The number of nitrogens with one attached hydrogen (secondary N) is 3. The SMILES string of the molecule is C=S(C)(=O)Nc1cc(C)c2c(Nc3ccc(F)cc3O[C@H](C)C(=O)NCC(F)F)ncnc2c1. The largest absolute Gasteiger partial charge is 0.479 e. The number of ether oxygens (including phenoxy) is 1. The number of hydrogen-bond acceptors (Lipinski definition) is 6. The third kappa shape index (κ3) is 6.50. The topological polar surface area (TPSA) is 105 Å². The minimum Gasteiger partial charge on any atom is -0.479 e. The standard InChI is InChI=1S/C22H24F3N5O3S/c1-12-7-15(30-34(3,4)32)9-17-20(12)21(28-11-27-17)29-16-6-5-14(23)8-18(16)33-13(2)22(31)26-10-19(24)25/h5-9,11,13,19H,3,10H2,1-2,4H3,(H,26,31)(H,30,32)(H,27,28,29)/t13-,34?/m1/s1. The first-order valence-electron chi connectivity index (χ1n) is 10.1. The Hall–Kier alpha value is -3.54. The highest BCUT2D eigenvalue weighted by atomic mass is 32.2. The molecule has 12 heteroatoms. The van der Waals surface area contributed by atoms with Gasteiger partial charge in [0, 0.05) is 33.1 Å². The Balaban J connectivity index is 1.92. The molecule has 0 aliphatic rings. The highest BCUT2D eigenvalue weighted by Crippen LogP contribution is 2.33. The molecule has 3 aromatic rings. The summed E-state index contributed by atoms with van der Waals surface area (Å²) in [4.78, 5) is 20.6. The van der Waals surface area contributed by atoms with E-state index in [0.29, 0.717) is 28.1 Å². The molecule has 0 aliphatic heterocycles. The van der Waals surface area contributed by atoms with Crippen LogP contribution in [0.2, 0.25) is 0 Å². The molecule has 1 unspecified atom stereocenters. The number of aryl methyl sites for hydroxylation is 1. The Labute approximate surface area is 195 Å². The van der Waals surface area contributed by atoms with Crippen molar-refractivity contribution >= 4 is 49.6 Å². The van der Waals surface area contributed by atoms with E-state index in [1.807, 2.05) is 6.92 Å². The van der Waals surface area contributed by atoms with Crippen LogP contribution in [0.1, 0.15) is 12.5 Å². The van der Waals surface area contributed by atoms with Gasteiger partial charge in [-0.2, -0.15) is 0 Å². The van der Waals surface area contributed by atoms with Crippen molar-refractivity contribution in [3.05, 3.63) is 48.0 Å². The maximum absolute atomic E-state index is 13.9. The first kappa shape index (κ1) is 25.1. The van der Waals surface area contributed by atoms with E-state index in [9.17, 15) is 22.2 Å². The van der Waals surface area contributed by atoms with Crippen molar-refractivity contribution in [3.63, 3.8) is 0 Å². The van der Waals surface area contributed by atoms with E-state index < -0.39 is 40.5 Å². The van der Waals surface area contributed by atoms with Gasteiger partial charge in [0.05, 0.1) is 17.7 Å². The highest BCUT2D eigenvalue weighted by Gasteiger charge is 2.19. The second-order valence-electron chi connectivity index (χ2n) is 7.68. The normalized spacial score (nSPS) is 13.9. The van der Waals surface area contributed by atoms with E-state index in [1.54, 1.807) is 12.1 Å². The van der Waals surface area contributed by atoms with Crippen molar-refractivity contribution in [2.45, 2.75) is 26.4 Å². The van der Waals surface area contributed by atoms with E-state index >= 15 is 0 Å². The van der Waals surface area contributed by atoms with Crippen LogP contribution in [0.4, 0.5) is 30.4 Å². The zero-order valence-corrected chi connectivity index (χ0v) is 19.5. The van der Waals surface area contributed by atoms with Crippen molar-refractivity contribution in [1.82, 2.24) is 15.3 Å². The number of nitrogens with zero attached hydrogens (tertiary/aromatic N) is 2. The van der Waals surface area contributed by atoms with Crippen LogP contribution in [0.5, 0.6) is 5.75 Å². The van der Waals surface area contributed by atoms with E-state index in [0.717, 1.165) is 11.6 Å². The molecule has 34 heavy (non-hydrogen) atoms. The molecule has 0 spiro atoms. The maximum atomic E-state index is 13.9. The van der Waals surface area contributed by atoms with E-state index in [1.165, 1.54) is 31.6 Å². The lowest BCUT2D eigenvalue weighted by Crippen LogP contribution is -2.38. The van der Waals surface area contributed by atoms with Crippen LogP contribution < -0.4 is 20.1 Å². The van der Waals surface area contributed by atoms with Crippen LogP contribution in [0.3, 0.4) is 0 Å². The van der Waals surface area contributed by atoms with Crippen LogP contribution in [0, 0.1) is 12.7 Å². The van der Waals surface area contributed by atoms with Gasteiger partial charge < -0.3 is 20.1 Å². The maximum Gasteiger partial charge on any atom is 0.260 e. The number of anilines is 3. The van der Waals surface area contributed by atoms with Gasteiger partial charge >= 0.3 is 0 Å². The Bertz CT molecular complexity index is 1320. The smallest absolute Gasteiger partial charge is 0.260 e. The molecular formula is C22H24F3N5O3S. The molecular weight excluding hydrogens is 471 g/mol. The minimum absolute atomic E-state index is 0.00909. The Kier molecular flexibility index (Phi) is 7.50.